The summed E-state index contributed by atoms with van der Waals surface area (Å²) in [7, 11) is 0. The van der Waals surface area contributed by atoms with Crippen molar-refractivity contribution < 1.29 is 9.90 Å². The maximum Gasteiger partial charge on any atom is 0.339 e. The number of rotatable bonds is 2. The number of anilines is 1. The average Bonchev–Trinajstić information content (AvgIpc) is 2.28. The normalized spacial score (nSPS) is 10.2. The number of aromatic nitrogens is 2. The molecule has 3 N–H and O–H groups in total. The molecule has 0 bridgehead atoms. The molecule has 1 aromatic carbocycles. The molecule has 0 radical (unpaired) electrons. The number of carboxylic acids is 1. The van der Waals surface area contributed by atoms with Crippen molar-refractivity contribution in [1.82, 2.24) is 9.97 Å². The molecule has 0 unspecified atom stereocenters. The number of hydrogen-bond acceptors (Lipinski definition) is 4. The van der Waals surface area contributed by atoms with Gasteiger partial charge >= 0.3 is 5.97 Å². The zero-order chi connectivity index (χ0) is 12.4. The predicted molar refractivity (Wildman–Crippen MR) is 66.5 cm³/mol. The van der Waals surface area contributed by atoms with E-state index in [4.69, 9.17) is 10.8 Å². The number of carboxylic acid groups (broad SMARTS) is 1. The van der Waals surface area contributed by atoms with Crippen LogP contribution in [0.3, 0.4) is 0 Å². The second-order valence-electron chi connectivity index (χ2n) is 3.31. The molecular weight excluding hydrogens is 286 g/mol. The van der Waals surface area contributed by atoms with Crippen molar-refractivity contribution >= 4 is 27.8 Å². The number of nitrogens with zero attached hydrogens (tertiary/aromatic N) is 2. The number of halogens is 1. The van der Waals surface area contributed by atoms with Crippen LogP contribution in [-0.2, 0) is 0 Å². The van der Waals surface area contributed by atoms with E-state index in [2.05, 4.69) is 25.9 Å². The maximum atomic E-state index is 11.1. The third kappa shape index (κ3) is 2.42. The van der Waals surface area contributed by atoms with Crippen LogP contribution in [0.2, 0.25) is 0 Å². The maximum absolute atomic E-state index is 11.1. The highest BCUT2D eigenvalue weighted by Crippen LogP contribution is 2.24. The number of benzene rings is 1. The Bertz CT molecular complexity index is 587. The van der Waals surface area contributed by atoms with Gasteiger partial charge in [0.05, 0.1) is 5.69 Å². The van der Waals surface area contributed by atoms with E-state index in [1.165, 1.54) is 6.20 Å². The minimum absolute atomic E-state index is 0.0253. The van der Waals surface area contributed by atoms with Gasteiger partial charge in [-0.15, -0.1) is 0 Å². The lowest BCUT2D eigenvalue weighted by molar-refractivity contribution is 0.0697. The van der Waals surface area contributed by atoms with E-state index in [1.54, 1.807) is 18.2 Å². The van der Waals surface area contributed by atoms with Crippen molar-refractivity contribution in [2.45, 2.75) is 0 Å². The van der Waals surface area contributed by atoms with Crippen molar-refractivity contribution in [2.75, 3.05) is 5.73 Å². The molecule has 0 fully saturated rings. The van der Waals surface area contributed by atoms with Crippen molar-refractivity contribution in [3.63, 3.8) is 0 Å². The van der Waals surface area contributed by atoms with Crippen LogP contribution >= 0.6 is 15.9 Å². The van der Waals surface area contributed by atoms with Gasteiger partial charge in [-0.25, -0.2) is 14.8 Å². The van der Waals surface area contributed by atoms with Crippen LogP contribution in [0.25, 0.3) is 11.3 Å². The molecule has 2 rings (SSSR count). The van der Waals surface area contributed by atoms with E-state index >= 15 is 0 Å². The molecule has 17 heavy (non-hydrogen) atoms. The molecule has 1 heterocycles. The highest BCUT2D eigenvalue weighted by Gasteiger charge is 2.14. The molecule has 0 atom stereocenters. The molecule has 0 aliphatic rings. The first kappa shape index (κ1) is 11.5. The number of nitrogens with two attached hydrogens (primary N) is 1. The van der Waals surface area contributed by atoms with E-state index in [0.29, 0.717) is 11.3 Å². The summed E-state index contributed by atoms with van der Waals surface area (Å²) in [6.07, 6.45) is 1.21. The molecule has 86 valence electrons. The molecule has 0 aliphatic heterocycles. The summed E-state index contributed by atoms with van der Waals surface area (Å²) in [4.78, 5) is 18.7. The van der Waals surface area contributed by atoms with Crippen LogP contribution in [-0.4, -0.2) is 21.0 Å². The van der Waals surface area contributed by atoms with E-state index in [1.807, 2.05) is 6.07 Å². The van der Waals surface area contributed by atoms with Crippen LogP contribution in [0, 0.1) is 0 Å². The second kappa shape index (κ2) is 4.50. The van der Waals surface area contributed by atoms with Gasteiger partial charge in [0.1, 0.15) is 5.56 Å². The Morgan fingerprint density at radius 1 is 1.41 bits per heavy atom. The lowest BCUT2D eigenvalue weighted by Gasteiger charge is -2.05. The first-order valence-electron chi connectivity index (χ1n) is 4.69. The van der Waals surface area contributed by atoms with E-state index in [9.17, 15) is 4.79 Å². The fourth-order valence-electron chi connectivity index (χ4n) is 1.41. The second-order valence-corrected chi connectivity index (χ2v) is 4.22. The van der Waals surface area contributed by atoms with Crippen LogP contribution < -0.4 is 5.73 Å². The lowest BCUT2D eigenvalue weighted by Crippen LogP contribution is -2.05. The van der Waals surface area contributed by atoms with E-state index < -0.39 is 5.97 Å². The Balaban J connectivity index is 2.65. The lowest BCUT2D eigenvalue weighted by atomic mass is 10.1. The van der Waals surface area contributed by atoms with E-state index in [0.717, 1.165) is 4.47 Å². The number of nitrogen functional groups attached to an aromatic ring is 1. The van der Waals surface area contributed by atoms with Crippen LogP contribution in [0.1, 0.15) is 10.4 Å². The summed E-state index contributed by atoms with van der Waals surface area (Å²) in [5.41, 5.74) is 6.48. The fourth-order valence-corrected chi connectivity index (χ4v) is 1.81. The molecule has 5 nitrogen and oxygen atoms in total. The van der Waals surface area contributed by atoms with Gasteiger partial charge in [-0.3, -0.25) is 0 Å². The van der Waals surface area contributed by atoms with E-state index in [-0.39, 0.29) is 11.5 Å². The molecule has 0 spiro atoms. The standard InChI is InChI=1S/C11H8BrN3O2/c12-7-3-1-2-6(4-7)9-8(10(16)17)5-14-11(13)15-9/h1-5H,(H,16,17)(H2,13,14,15). The van der Waals surface area contributed by atoms with Gasteiger partial charge in [-0.05, 0) is 12.1 Å². The summed E-state index contributed by atoms with van der Waals surface area (Å²) >= 11 is 3.32. The van der Waals surface area contributed by atoms with Gasteiger partial charge in [0.25, 0.3) is 0 Å². The van der Waals surface area contributed by atoms with Gasteiger partial charge < -0.3 is 10.8 Å². The smallest absolute Gasteiger partial charge is 0.339 e. The van der Waals surface area contributed by atoms with Gasteiger partial charge in [0.2, 0.25) is 5.95 Å². The van der Waals surface area contributed by atoms with Crippen molar-refractivity contribution in [3.05, 3.63) is 40.5 Å². The van der Waals surface area contributed by atoms with Gasteiger partial charge in [0, 0.05) is 16.2 Å². The van der Waals surface area contributed by atoms with Crippen LogP contribution in [0.4, 0.5) is 5.95 Å². The Morgan fingerprint density at radius 2 is 2.18 bits per heavy atom. The minimum Gasteiger partial charge on any atom is -0.478 e. The van der Waals surface area contributed by atoms with Gasteiger partial charge in [0.15, 0.2) is 0 Å². The largest absolute Gasteiger partial charge is 0.478 e. The number of aromatic carboxylic acids is 1. The topological polar surface area (TPSA) is 89.1 Å². The molecule has 0 saturated carbocycles. The minimum atomic E-state index is -1.08. The Labute approximate surface area is 105 Å². The molecule has 0 amide bonds. The first-order chi connectivity index (χ1) is 8.08. The summed E-state index contributed by atoms with van der Waals surface area (Å²) < 4.78 is 0.837. The average molecular weight is 294 g/mol. The zero-order valence-electron chi connectivity index (χ0n) is 8.59. The summed E-state index contributed by atoms with van der Waals surface area (Å²) in [6, 6.07) is 7.17. The molecule has 6 heteroatoms. The highest BCUT2D eigenvalue weighted by molar-refractivity contribution is 9.10. The SMILES string of the molecule is Nc1ncc(C(=O)O)c(-c2cccc(Br)c2)n1. The fraction of sp³-hybridized carbons (Fsp3) is 0. The third-order valence-corrected chi connectivity index (χ3v) is 2.63. The molecule has 0 saturated heterocycles. The molecule has 0 aliphatic carbocycles. The quantitative estimate of drug-likeness (QED) is 0.886. The van der Waals surface area contributed by atoms with Crippen LogP contribution in [0.15, 0.2) is 34.9 Å². The highest BCUT2D eigenvalue weighted by atomic mass is 79.9. The first-order valence-corrected chi connectivity index (χ1v) is 5.49. The van der Waals surface area contributed by atoms with Gasteiger partial charge in [-0.1, -0.05) is 28.1 Å². The monoisotopic (exact) mass is 293 g/mol. The predicted octanol–water partition coefficient (Wildman–Crippen LogP) is 2.19. The summed E-state index contributed by atoms with van der Waals surface area (Å²) in [6.45, 7) is 0. The Hall–Kier alpha value is -1.95. The van der Waals surface area contributed by atoms with Crippen molar-refractivity contribution in [3.8, 4) is 11.3 Å². The Morgan fingerprint density at radius 3 is 2.82 bits per heavy atom. The zero-order valence-corrected chi connectivity index (χ0v) is 10.2. The molecule has 2 aromatic rings. The summed E-state index contributed by atoms with van der Waals surface area (Å²) in [5, 5.41) is 9.05. The van der Waals surface area contributed by atoms with Gasteiger partial charge in [-0.2, -0.15) is 0 Å². The number of carbonyl (C=O) groups is 1. The molecule has 1 aromatic heterocycles. The van der Waals surface area contributed by atoms with Crippen molar-refractivity contribution in [2.24, 2.45) is 0 Å². The summed E-state index contributed by atoms with van der Waals surface area (Å²) in [5.74, 6) is -1.04. The third-order valence-electron chi connectivity index (χ3n) is 2.14. The Kier molecular flexibility index (Phi) is 3.06. The van der Waals surface area contributed by atoms with Crippen molar-refractivity contribution in [1.29, 1.82) is 0 Å². The van der Waals surface area contributed by atoms with Crippen LogP contribution in [0.5, 0.6) is 0 Å². The number of hydrogen-bond donors (Lipinski definition) is 2. The molecular formula is C11H8BrN3O2.